The molecule has 0 unspecified atom stereocenters. The topological polar surface area (TPSA) is 137 Å². The molecule has 4 N–H and O–H groups in total. The van der Waals surface area contributed by atoms with Gasteiger partial charge in [0.15, 0.2) is 0 Å². The van der Waals surface area contributed by atoms with Gasteiger partial charge in [-0.2, -0.15) is 0 Å². The maximum atomic E-state index is 12.5. The van der Waals surface area contributed by atoms with E-state index in [0.717, 1.165) is 38.3 Å². The third kappa shape index (κ3) is 5.25. The number of carboxylic acids is 1. The largest absolute Gasteiger partial charge is 0.478 e. The van der Waals surface area contributed by atoms with Gasteiger partial charge >= 0.3 is 5.97 Å². The van der Waals surface area contributed by atoms with Crippen molar-refractivity contribution in [2.75, 3.05) is 46.3 Å². The van der Waals surface area contributed by atoms with Gasteiger partial charge in [-0.15, -0.1) is 0 Å². The van der Waals surface area contributed by atoms with Crippen molar-refractivity contribution in [3.05, 3.63) is 28.8 Å². The first-order valence-corrected chi connectivity index (χ1v) is 8.43. The van der Waals surface area contributed by atoms with Crippen LogP contribution in [0.3, 0.4) is 0 Å². The SMILES string of the molecule is CNC(=O)c1cc(C(=O)O)c(C(=O)NCCN2CCNCC2)cc1OC=O. The third-order valence-corrected chi connectivity index (χ3v) is 4.16. The number of hydrogen-bond acceptors (Lipinski definition) is 7. The van der Waals surface area contributed by atoms with E-state index in [2.05, 4.69) is 20.9 Å². The lowest BCUT2D eigenvalue weighted by atomic mass is 10.0. The van der Waals surface area contributed by atoms with Gasteiger partial charge in [0, 0.05) is 46.3 Å². The van der Waals surface area contributed by atoms with E-state index in [9.17, 15) is 24.3 Å². The zero-order chi connectivity index (χ0) is 19.8. The van der Waals surface area contributed by atoms with E-state index in [0.29, 0.717) is 13.1 Å². The summed E-state index contributed by atoms with van der Waals surface area (Å²) < 4.78 is 4.76. The van der Waals surface area contributed by atoms with Crippen LogP contribution in [0.5, 0.6) is 5.75 Å². The molecule has 2 amide bonds. The van der Waals surface area contributed by atoms with Crippen LogP contribution in [0.25, 0.3) is 0 Å². The highest BCUT2D eigenvalue weighted by Crippen LogP contribution is 2.24. The molecular weight excluding hydrogens is 356 g/mol. The summed E-state index contributed by atoms with van der Waals surface area (Å²) in [6.45, 7) is 4.56. The first-order valence-electron chi connectivity index (χ1n) is 8.43. The quantitative estimate of drug-likeness (QED) is 0.419. The molecule has 1 saturated heterocycles. The number of aromatic carboxylic acids is 1. The molecule has 1 heterocycles. The molecule has 146 valence electrons. The summed E-state index contributed by atoms with van der Waals surface area (Å²) in [5.74, 6) is -2.83. The second-order valence-electron chi connectivity index (χ2n) is 5.84. The summed E-state index contributed by atoms with van der Waals surface area (Å²) in [6.07, 6.45) is 0. The molecule has 10 nitrogen and oxygen atoms in total. The Kier molecular flexibility index (Phi) is 7.26. The zero-order valence-corrected chi connectivity index (χ0v) is 14.9. The van der Waals surface area contributed by atoms with Crippen LogP contribution in [-0.2, 0) is 4.79 Å². The second-order valence-corrected chi connectivity index (χ2v) is 5.84. The number of carboxylic acid groups (broad SMARTS) is 1. The van der Waals surface area contributed by atoms with E-state index in [1.54, 1.807) is 0 Å². The Balaban J connectivity index is 2.20. The summed E-state index contributed by atoms with van der Waals surface area (Å²) >= 11 is 0. The Bertz CT molecular complexity index is 730. The Morgan fingerprint density at radius 3 is 2.48 bits per heavy atom. The van der Waals surface area contributed by atoms with Crippen molar-refractivity contribution in [3.8, 4) is 5.75 Å². The normalized spacial score (nSPS) is 14.3. The summed E-state index contributed by atoms with van der Waals surface area (Å²) in [5.41, 5.74) is -0.696. The van der Waals surface area contributed by atoms with Crippen LogP contribution < -0.4 is 20.7 Å². The maximum absolute atomic E-state index is 12.5. The van der Waals surface area contributed by atoms with Gasteiger partial charge in [0.05, 0.1) is 16.7 Å². The minimum absolute atomic E-state index is 0.105. The highest BCUT2D eigenvalue weighted by atomic mass is 16.5. The number of nitrogens with zero attached hydrogens (tertiary/aromatic N) is 1. The lowest BCUT2D eigenvalue weighted by molar-refractivity contribution is -0.120. The highest BCUT2D eigenvalue weighted by Gasteiger charge is 2.23. The summed E-state index contributed by atoms with van der Waals surface area (Å²) in [7, 11) is 1.35. The number of piperazine rings is 1. The summed E-state index contributed by atoms with van der Waals surface area (Å²) in [6, 6.07) is 2.10. The second kappa shape index (κ2) is 9.64. The molecule has 0 aliphatic carbocycles. The molecule has 1 aromatic carbocycles. The Labute approximate surface area is 155 Å². The molecule has 2 rings (SSSR count). The molecule has 1 aromatic rings. The van der Waals surface area contributed by atoms with Crippen LogP contribution in [0.4, 0.5) is 0 Å². The van der Waals surface area contributed by atoms with Crippen molar-refractivity contribution in [3.63, 3.8) is 0 Å². The number of rotatable bonds is 8. The molecule has 1 aliphatic rings. The Morgan fingerprint density at radius 1 is 1.19 bits per heavy atom. The van der Waals surface area contributed by atoms with Crippen molar-refractivity contribution < 1.29 is 29.0 Å². The molecule has 0 atom stereocenters. The predicted octanol–water partition coefficient (Wildman–Crippen LogP) is -1.09. The molecular formula is C17H22N4O6. The minimum Gasteiger partial charge on any atom is -0.478 e. The van der Waals surface area contributed by atoms with Gasteiger partial charge in [-0.1, -0.05) is 0 Å². The first kappa shape index (κ1) is 20.3. The van der Waals surface area contributed by atoms with E-state index in [1.807, 2.05) is 0 Å². The van der Waals surface area contributed by atoms with Crippen LogP contribution in [0.2, 0.25) is 0 Å². The zero-order valence-electron chi connectivity index (χ0n) is 14.9. The number of ether oxygens (including phenoxy) is 1. The number of benzene rings is 1. The van der Waals surface area contributed by atoms with E-state index in [4.69, 9.17) is 4.74 Å². The molecule has 1 aliphatic heterocycles. The molecule has 10 heteroatoms. The van der Waals surface area contributed by atoms with Crippen LogP contribution in [0.1, 0.15) is 31.1 Å². The fourth-order valence-corrected chi connectivity index (χ4v) is 2.76. The van der Waals surface area contributed by atoms with Crippen molar-refractivity contribution >= 4 is 24.3 Å². The van der Waals surface area contributed by atoms with Gasteiger partial charge in [-0.05, 0) is 12.1 Å². The van der Waals surface area contributed by atoms with E-state index < -0.39 is 17.8 Å². The lowest BCUT2D eigenvalue weighted by Crippen LogP contribution is -2.46. The van der Waals surface area contributed by atoms with Crippen LogP contribution in [0, 0.1) is 0 Å². The molecule has 0 aromatic heterocycles. The van der Waals surface area contributed by atoms with Crippen LogP contribution >= 0.6 is 0 Å². The van der Waals surface area contributed by atoms with Crippen molar-refractivity contribution in [1.82, 2.24) is 20.9 Å². The molecule has 0 spiro atoms. The highest BCUT2D eigenvalue weighted by molar-refractivity contribution is 6.08. The van der Waals surface area contributed by atoms with Gasteiger partial charge in [0.25, 0.3) is 18.3 Å². The molecule has 1 fully saturated rings. The molecule has 0 bridgehead atoms. The van der Waals surface area contributed by atoms with Gasteiger partial charge in [0.1, 0.15) is 5.75 Å². The molecule has 0 radical (unpaired) electrons. The summed E-state index contributed by atoms with van der Waals surface area (Å²) in [5, 5.41) is 17.6. The van der Waals surface area contributed by atoms with Gasteiger partial charge in [0.2, 0.25) is 0 Å². The Morgan fingerprint density at radius 2 is 1.89 bits per heavy atom. The average molecular weight is 378 g/mol. The fraction of sp³-hybridized carbons (Fsp3) is 0.412. The maximum Gasteiger partial charge on any atom is 0.336 e. The minimum atomic E-state index is -1.37. The van der Waals surface area contributed by atoms with Crippen molar-refractivity contribution in [1.29, 1.82) is 0 Å². The Hall–Kier alpha value is -2.98. The average Bonchev–Trinajstić information content (AvgIpc) is 2.67. The van der Waals surface area contributed by atoms with E-state index in [-0.39, 0.29) is 28.9 Å². The molecule has 27 heavy (non-hydrogen) atoms. The monoisotopic (exact) mass is 378 g/mol. The predicted molar refractivity (Wildman–Crippen MR) is 95.1 cm³/mol. The number of carbonyl (C=O) groups excluding carboxylic acids is 3. The van der Waals surface area contributed by atoms with Gasteiger partial charge in [-0.3, -0.25) is 19.3 Å². The van der Waals surface area contributed by atoms with Crippen LogP contribution in [0.15, 0.2) is 12.1 Å². The standard InChI is InChI=1S/C17H22N4O6/c1-18-15(23)13-8-12(17(25)26)11(9-14(13)27-10-22)16(24)20-4-7-21-5-2-19-3-6-21/h8-10,19H,2-7H2,1H3,(H,18,23)(H,20,24)(H,25,26). The summed E-state index contributed by atoms with van der Waals surface area (Å²) in [4.78, 5) is 48.8. The van der Waals surface area contributed by atoms with Crippen LogP contribution in [-0.4, -0.2) is 80.6 Å². The third-order valence-electron chi connectivity index (χ3n) is 4.16. The molecule has 0 saturated carbocycles. The van der Waals surface area contributed by atoms with Gasteiger partial charge in [-0.25, -0.2) is 4.79 Å². The number of carbonyl (C=O) groups is 4. The fourth-order valence-electron chi connectivity index (χ4n) is 2.76. The van der Waals surface area contributed by atoms with Crippen molar-refractivity contribution in [2.45, 2.75) is 0 Å². The number of nitrogens with one attached hydrogen (secondary N) is 3. The lowest BCUT2D eigenvalue weighted by Gasteiger charge is -2.27. The first-order chi connectivity index (χ1) is 13.0. The number of amides is 2. The van der Waals surface area contributed by atoms with Gasteiger partial charge < -0.3 is 25.8 Å². The van der Waals surface area contributed by atoms with E-state index in [1.165, 1.54) is 7.05 Å². The van der Waals surface area contributed by atoms with Crippen molar-refractivity contribution in [2.24, 2.45) is 0 Å². The van der Waals surface area contributed by atoms with E-state index >= 15 is 0 Å². The smallest absolute Gasteiger partial charge is 0.336 e. The number of hydrogen-bond donors (Lipinski definition) is 4.